The van der Waals surface area contributed by atoms with Crippen LogP contribution >= 0.6 is 0 Å². The van der Waals surface area contributed by atoms with Crippen LogP contribution in [0, 0.1) is 0 Å². The van der Waals surface area contributed by atoms with E-state index in [9.17, 15) is 29.7 Å². The lowest BCUT2D eigenvalue weighted by atomic mass is 9.93. The maximum atomic E-state index is 12.3. The Balaban J connectivity index is 4.32. The minimum Gasteiger partial charge on any atom is -0.544 e. The van der Waals surface area contributed by atoms with Crippen molar-refractivity contribution in [1.82, 2.24) is 0 Å². The van der Waals surface area contributed by atoms with Crippen LogP contribution in [0.4, 0.5) is 0 Å². The van der Waals surface area contributed by atoms with E-state index in [1.807, 2.05) is 0 Å². The van der Waals surface area contributed by atoms with Crippen LogP contribution in [0.5, 0.6) is 0 Å². The van der Waals surface area contributed by atoms with E-state index in [0.717, 1.165) is 19.3 Å². The topological polar surface area (TPSA) is 115 Å². The molecule has 3 unspecified atom stereocenters. The van der Waals surface area contributed by atoms with Gasteiger partial charge < -0.3 is 20.1 Å². The van der Waals surface area contributed by atoms with Crippen molar-refractivity contribution >= 4 is 17.9 Å². The van der Waals surface area contributed by atoms with E-state index in [4.69, 9.17) is 0 Å². The molecule has 7 heteroatoms. The number of aliphatic carboxylic acids is 3. The highest BCUT2D eigenvalue weighted by atomic mass is 16.4. The van der Waals surface area contributed by atoms with E-state index in [0.29, 0.717) is 6.42 Å². The minimum absolute atomic E-state index is 0.132. The molecule has 3 atom stereocenters. The van der Waals surface area contributed by atoms with Gasteiger partial charge in [0.1, 0.15) is 6.04 Å². The number of carboxylic acid groups (broad SMARTS) is 3. The first-order valence-corrected chi connectivity index (χ1v) is 17.4. The summed E-state index contributed by atoms with van der Waals surface area (Å²) in [5.74, 6) is -3.64. The van der Waals surface area contributed by atoms with Crippen molar-refractivity contribution in [3.05, 3.63) is 12.2 Å². The molecule has 0 heterocycles. The molecule has 0 amide bonds. The largest absolute Gasteiger partial charge is 0.544 e. The number of unbranched alkanes of at least 4 members (excludes halogenated alkanes) is 18. The van der Waals surface area contributed by atoms with Gasteiger partial charge in [0.2, 0.25) is 0 Å². The van der Waals surface area contributed by atoms with Crippen molar-refractivity contribution in [2.45, 2.75) is 187 Å². The van der Waals surface area contributed by atoms with Crippen molar-refractivity contribution < 1.29 is 34.2 Å². The molecule has 0 aliphatic heterocycles. The Morgan fingerprint density at radius 2 is 0.881 bits per heavy atom. The zero-order valence-electron chi connectivity index (χ0n) is 27.6. The van der Waals surface area contributed by atoms with Gasteiger partial charge in [-0.3, -0.25) is 4.48 Å². The summed E-state index contributed by atoms with van der Waals surface area (Å²) in [6.45, 7) is 7.37. The number of hydrogen-bond donors (Lipinski definition) is 2. The maximum Gasteiger partial charge on any atom is 0.362 e. The summed E-state index contributed by atoms with van der Waals surface area (Å²) in [4.78, 5) is 36.7. The third kappa shape index (κ3) is 15.5. The van der Waals surface area contributed by atoms with Crippen LogP contribution in [0.1, 0.15) is 169 Å². The van der Waals surface area contributed by atoms with Gasteiger partial charge in [0, 0.05) is 19.3 Å². The van der Waals surface area contributed by atoms with Gasteiger partial charge in [0.15, 0.2) is 12.1 Å². The Bertz CT molecular complexity index is 682. The predicted octanol–water partition coefficient (Wildman–Crippen LogP) is 8.05. The Labute approximate surface area is 257 Å². The molecule has 0 aromatic heterocycles. The lowest BCUT2D eigenvalue weighted by Crippen LogP contribution is -2.73. The summed E-state index contributed by atoms with van der Waals surface area (Å²) in [5, 5.41) is 32.2. The van der Waals surface area contributed by atoms with Gasteiger partial charge in [-0.2, -0.15) is 0 Å². The highest BCUT2D eigenvalue weighted by Gasteiger charge is 2.53. The minimum atomic E-state index is -1.36. The van der Waals surface area contributed by atoms with Gasteiger partial charge in [-0.25, -0.2) is 9.59 Å². The molecule has 0 saturated heterocycles. The van der Waals surface area contributed by atoms with Crippen LogP contribution in [0.15, 0.2) is 12.2 Å². The summed E-state index contributed by atoms with van der Waals surface area (Å²) in [6.07, 6.45) is 28.2. The summed E-state index contributed by atoms with van der Waals surface area (Å²) in [6, 6.07) is -3.37. The highest BCUT2D eigenvalue weighted by molar-refractivity contribution is 5.77. The molecule has 0 spiro atoms. The number of nitrogens with zero attached hydrogens (tertiary/aromatic N) is 1. The molecule has 0 rings (SSSR count). The van der Waals surface area contributed by atoms with E-state index < -0.39 is 40.5 Å². The van der Waals surface area contributed by atoms with Crippen LogP contribution in [-0.4, -0.2) is 57.3 Å². The van der Waals surface area contributed by atoms with Crippen molar-refractivity contribution in [1.29, 1.82) is 0 Å². The lowest BCUT2D eigenvalue weighted by molar-refractivity contribution is -0.974. The molecule has 0 aromatic carbocycles. The molecule has 0 bridgehead atoms. The number of carboxylic acids is 3. The Morgan fingerprint density at radius 1 is 0.571 bits per heavy atom. The summed E-state index contributed by atoms with van der Waals surface area (Å²) < 4.78 is -0.465. The fourth-order valence-corrected chi connectivity index (χ4v) is 6.91. The molecular formula is C35H65NO6. The normalized spacial score (nSPS) is 15.3. The van der Waals surface area contributed by atoms with Gasteiger partial charge in [0.05, 0.1) is 12.5 Å². The highest BCUT2D eigenvalue weighted by Crippen LogP contribution is 2.32. The Morgan fingerprint density at radius 3 is 1.14 bits per heavy atom. The average molecular weight is 596 g/mol. The van der Waals surface area contributed by atoms with Crippen LogP contribution in [-0.2, 0) is 14.4 Å². The van der Waals surface area contributed by atoms with Crippen LogP contribution < -0.4 is 5.11 Å². The Hall–Kier alpha value is -1.89. The molecule has 0 aliphatic rings. The molecule has 0 saturated carbocycles. The van der Waals surface area contributed by atoms with Crippen molar-refractivity contribution in [2.24, 2.45) is 0 Å². The smallest absolute Gasteiger partial charge is 0.362 e. The van der Waals surface area contributed by atoms with E-state index in [-0.39, 0.29) is 25.8 Å². The molecular weight excluding hydrogens is 530 g/mol. The first-order chi connectivity index (χ1) is 20.2. The quantitative estimate of drug-likeness (QED) is 0.0493. The van der Waals surface area contributed by atoms with Crippen LogP contribution in [0.25, 0.3) is 0 Å². The fourth-order valence-electron chi connectivity index (χ4n) is 6.91. The Kier molecular flexibility index (Phi) is 24.4. The summed E-state index contributed by atoms with van der Waals surface area (Å²) in [5.41, 5.74) is 0. The second-order valence-corrected chi connectivity index (χ2v) is 12.2. The maximum absolute atomic E-state index is 12.3. The van der Waals surface area contributed by atoms with Gasteiger partial charge in [0.25, 0.3) is 0 Å². The zero-order valence-corrected chi connectivity index (χ0v) is 27.6. The van der Waals surface area contributed by atoms with E-state index in [2.05, 4.69) is 19.1 Å². The van der Waals surface area contributed by atoms with Crippen molar-refractivity contribution in [2.75, 3.05) is 6.54 Å². The molecule has 7 nitrogen and oxygen atoms in total. The number of quaternary nitrogens is 1. The van der Waals surface area contributed by atoms with E-state index >= 15 is 0 Å². The van der Waals surface area contributed by atoms with Crippen molar-refractivity contribution in [3.63, 3.8) is 0 Å². The second kappa shape index (κ2) is 25.6. The summed E-state index contributed by atoms with van der Waals surface area (Å²) in [7, 11) is 0. The predicted molar refractivity (Wildman–Crippen MR) is 170 cm³/mol. The SMILES string of the molecule is C/C=C/CCCCCCCCCCCCCCCCCCCC[N+](C(CC)C(=O)[O-])(C(CC)C(=O)O)C(CC)C(=O)O. The lowest BCUT2D eigenvalue weighted by Gasteiger charge is -2.51. The third-order valence-electron chi connectivity index (χ3n) is 9.15. The van der Waals surface area contributed by atoms with Crippen molar-refractivity contribution in [3.8, 4) is 0 Å². The number of rotatable bonds is 30. The molecule has 0 fully saturated rings. The van der Waals surface area contributed by atoms with Gasteiger partial charge in [-0.1, -0.05) is 129 Å². The number of allylic oxidation sites excluding steroid dienone is 2. The van der Waals surface area contributed by atoms with E-state index in [1.165, 1.54) is 96.3 Å². The summed E-state index contributed by atoms with van der Waals surface area (Å²) >= 11 is 0. The number of carbonyl (C=O) groups is 3. The number of carbonyl (C=O) groups excluding carboxylic acids is 1. The van der Waals surface area contributed by atoms with Crippen LogP contribution in [0.2, 0.25) is 0 Å². The molecule has 246 valence electrons. The molecule has 0 radical (unpaired) electrons. The fraction of sp³-hybridized carbons (Fsp3) is 0.857. The molecule has 2 N–H and O–H groups in total. The van der Waals surface area contributed by atoms with Gasteiger partial charge in [-0.05, 0) is 32.6 Å². The molecule has 0 aliphatic carbocycles. The third-order valence-corrected chi connectivity index (χ3v) is 9.15. The van der Waals surface area contributed by atoms with E-state index in [1.54, 1.807) is 20.8 Å². The monoisotopic (exact) mass is 595 g/mol. The zero-order chi connectivity index (χ0) is 31.6. The van der Waals surface area contributed by atoms with Gasteiger partial charge >= 0.3 is 11.9 Å². The average Bonchev–Trinajstić information content (AvgIpc) is 2.94. The number of hydrogen-bond acceptors (Lipinski definition) is 4. The molecule has 0 aromatic rings. The van der Waals surface area contributed by atoms with Crippen LogP contribution in [0.3, 0.4) is 0 Å². The first-order valence-electron chi connectivity index (χ1n) is 17.4. The van der Waals surface area contributed by atoms with Gasteiger partial charge in [-0.15, -0.1) is 0 Å². The molecule has 42 heavy (non-hydrogen) atoms. The second-order valence-electron chi connectivity index (χ2n) is 12.2. The standard InChI is InChI=1S/C35H65NO6/c1-5-9-10-11-12-13-14-15-16-17-18-19-20-21-22-23-24-25-26-27-28-29-36(30(6-2)33(37)38,31(7-3)34(39)40)32(8-4)35(41)42/h5,9,30-32H,6-8,10-29H2,1-4H3,(H2-,37,38,39,40,41,42)/b9-5+. The first kappa shape index (κ1) is 40.1.